The van der Waals surface area contributed by atoms with Crippen LogP contribution in [-0.2, 0) is 10.0 Å². The number of rotatable bonds is 5. The summed E-state index contributed by atoms with van der Waals surface area (Å²) in [5, 5.41) is 4.86. The maximum Gasteiger partial charge on any atom is 0.318 e. The third kappa shape index (κ3) is 4.69. The van der Waals surface area contributed by atoms with Crippen molar-refractivity contribution in [3.63, 3.8) is 0 Å². The fourth-order valence-corrected chi connectivity index (χ4v) is 4.67. The lowest BCUT2D eigenvalue weighted by molar-refractivity contribution is 0.191. The molecule has 1 fully saturated rings. The molecule has 8 heteroatoms. The minimum absolute atomic E-state index is 0.131. The van der Waals surface area contributed by atoms with Gasteiger partial charge in [0, 0.05) is 23.5 Å². The molecule has 22 heavy (non-hydrogen) atoms. The second kappa shape index (κ2) is 6.55. The first-order valence-corrected chi connectivity index (χ1v) is 10.0. The molecule has 2 heterocycles. The third-order valence-electron chi connectivity index (χ3n) is 3.53. The van der Waals surface area contributed by atoms with E-state index >= 15 is 0 Å². The fraction of sp³-hybridized carbons (Fsp3) is 0.643. The molecule has 1 aromatic rings. The van der Waals surface area contributed by atoms with Gasteiger partial charge in [-0.05, 0) is 38.1 Å². The van der Waals surface area contributed by atoms with Crippen molar-refractivity contribution in [1.29, 1.82) is 0 Å². The Bertz CT molecular complexity index is 611. The Hall–Kier alpha value is -1.12. The molecule has 0 spiro atoms. The van der Waals surface area contributed by atoms with Crippen LogP contribution in [0.25, 0.3) is 0 Å². The molecular weight excluding hydrogens is 322 g/mol. The highest BCUT2D eigenvalue weighted by Crippen LogP contribution is 2.34. The predicted octanol–water partition coefficient (Wildman–Crippen LogP) is 1.92. The summed E-state index contributed by atoms with van der Waals surface area (Å²) in [6, 6.07) is 4.04. The van der Waals surface area contributed by atoms with Crippen LogP contribution < -0.4 is 10.0 Å². The van der Waals surface area contributed by atoms with Crippen molar-refractivity contribution in [2.24, 2.45) is 0 Å². The van der Waals surface area contributed by atoms with Gasteiger partial charge in [0.1, 0.15) is 0 Å². The van der Waals surface area contributed by atoms with E-state index in [9.17, 15) is 13.2 Å². The minimum atomic E-state index is -3.31. The molecular formula is C14H23N3O3S2. The number of urea groups is 1. The molecule has 6 nitrogen and oxygen atoms in total. The molecule has 2 rings (SSSR count). The van der Waals surface area contributed by atoms with Gasteiger partial charge in [-0.3, -0.25) is 0 Å². The van der Waals surface area contributed by atoms with Crippen LogP contribution in [0.1, 0.15) is 37.6 Å². The summed E-state index contributed by atoms with van der Waals surface area (Å²) < 4.78 is 25.2. The fourth-order valence-electron chi connectivity index (χ4n) is 2.72. The van der Waals surface area contributed by atoms with E-state index in [1.165, 1.54) is 4.88 Å². The normalized spacial score (nSPS) is 19.4. The number of thiophene rings is 1. The average molecular weight is 345 g/mol. The van der Waals surface area contributed by atoms with Crippen LogP contribution in [0, 0.1) is 0 Å². The van der Waals surface area contributed by atoms with Crippen LogP contribution in [0.4, 0.5) is 4.79 Å². The van der Waals surface area contributed by atoms with E-state index in [0.717, 1.165) is 25.6 Å². The lowest BCUT2D eigenvalue weighted by atomic mass is 10.1. The van der Waals surface area contributed by atoms with Crippen molar-refractivity contribution in [2.75, 3.05) is 19.3 Å². The standard InChI is InChI=1S/C14H23N3O3S2/c1-14(2,16-22(3,19)20)10-15-13(18)17-8-4-6-11(17)12-7-5-9-21-12/h5,7,9,11,16H,4,6,8,10H2,1-3H3,(H,15,18). The second-order valence-corrected chi connectivity index (χ2v) is 9.01. The molecule has 1 aliphatic heterocycles. The first-order valence-electron chi connectivity index (χ1n) is 7.25. The molecule has 0 aliphatic carbocycles. The number of amides is 2. The predicted molar refractivity (Wildman–Crippen MR) is 88.5 cm³/mol. The van der Waals surface area contributed by atoms with Gasteiger partial charge >= 0.3 is 6.03 Å². The van der Waals surface area contributed by atoms with E-state index in [-0.39, 0.29) is 18.6 Å². The summed E-state index contributed by atoms with van der Waals surface area (Å²) >= 11 is 1.66. The van der Waals surface area contributed by atoms with Crippen LogP contribution >= 0.6 is 11.3 Å². The lowest BCUT2D eigenvalue weighted by Gasteiger charge is -2.29. The third-order valence-corrected chi connectivity index (χ3v) is 5.43. The molecule has 1 saturated heterocycles. The zero-order valence-electron chi connectivity index (χ0n) is 13.1. The first-order chi connectivity index (χ1) is 10.2. The smallest absolute Gasteiger partial charge is 0.318 e. The van der Waals surface area contributed by atoms with Crippen LogP contribution in [0.2, 0.25) is 0 Å². The number of nitrogens with one attached hydrogen (secondary N) is 2. The van der Waals surface area contributed by atoms with E-state index < -0.39 is 15.6 Å². The maximum atomic E-state index is 12.4. The van der Waals surface area contributed by atoms with Gasteiger partial charge in [-0.25, -0.2) is 17.9 Å². The Kier molecular flexibility index (Phi) is 5.14. The Morgan fingerprint density at radius 3 is 2.82 bits per heavy atom. The van der Waals surface area contributed by atoms with Gasteiger partial charge in [0.05, 0.1) is 12.3 Å². The highest BCUT2D eigenvalue weighted by molar-refractivity contribution is 7.88. The van der Waals surface area contributed by atoms with E-state index in [0.29, 0.717) is 0 Å². The van der Waals surface area contributed by atoms with Gasteiger partial charge in [-0.15, -0.1) is 11.3 Å². The monoisotopic (exact) mass is 345 g/mol. The number of carbonyl (C=O) groups is 1. The molecule has 1 atom stereocenters. The zero-order chi connectivity index (χ0) is 16.4. The molecule has 2 amide bonds. The Morgan fingerprint density at radius 1 is 1.50 bits per heavy atom. The van der Waals surface area contributed by atoms with Gasteiger partial charge in [0.15, 0.2) is 0 Å². The molecule has 1 aliphatic rings. The quantitative estimate of drug-likeness (QED) is 0.856. The maximum absolute atomic E-state index is 12.4. The number of hydrogen-bond acceptors (Lipinski definition) is 4. The van der Waals surface area contributed by atoms with Gasteiger partial charge in [-0.1, -0.05) is 6.07 Å². The molecule has 2 N–H and O–H groups in total. The Morgan fingerprint density at radius 2 is 2.23 bits per heavy atom. The topological polar surface area (TPSA) is 78.5 Å². The van der Waals surface area contributed by atoms with E-state index in [1.807, 2.05) is 16.3 Å². The lowest BCUT2D eigenvalue weighted by Crippen LogP contribution is -2.53. The van der Waals surface area contributed by atoms with Crippen molar-refractivity contribution >= 4 is 27.4 Å². The second-order valence-electron chi connectivity index (χ2n) is 6.28. The number of hydrogen-bond donors (Lipinski definition) is 2. The van der Waals surface area contributed by atoms with Gasteiger partial charge in [-0.2, -0.15) is 0 Å². The van der Waals surface area contributed by atoms with E-state index in [4.69, 9.17) is 0 Å². The molecule has 1 aromatic heterocycles. The summed E-state index contributed by atoms with van der Waals surface area (Å²) in [4.78, 5) is 15.4. The van der Waals surface area contributed by atoms with Gasteiger partial charge < -0.3 is 10.2 Å². The molecule has 0 radical (unpaired) electrons. The highest BCUT2D eigenvalue weighted by atomic mass is 32.2. The number of sulfonamides is 1. The number of likely N-dealkylation sites (tertiary alicyclic amines) is 1. The number of carbonyl (C=O) groups excluding carboxylic acids is 1. The molecule has 0 bridgehead atoms. The van der Waals surface area contributed by atoms with Gasteiger partial charge in [0.25, 0.3) is 0 Å². The van der Waals surface area contributed by atoms with Gasteiger partial charge in [0.2, 0.25) is 10.0 Å². The SMILES string of the molecule is CC(C)(CNC(=O)N1CCCC1c1cccs1)NS(C)(=O)=O. The Balaban J connectivity index is 1.94. The largest absolute Gasteiger partial charge is 0.336 e. The minimum Gasteiger partial charge on any atom is -0.336 e. The van der Waals surface area contributed by atoms with Crippen LogP contribution in [0.5, 0.6) is 0 Å². The first kappa shape index (κ1) is 17.2. The van der Waals surface area contributed by atoms with Crippen LogP contribution in [-0.4, -0.2) is 44.2 Å². The summed E-state index contributed by atoms with van der Waals surface area (Å²) in [5.41, 5.74) is -0.721. The summed E-state index contributed by atoms with van der Waals surface area (Å²) in [7, 11) is -3.31. The molecule has 1 unspecified atom stereocenters. The highest BCUT2D eigenvalue weighted by Gasteiger charge is 2.31. The van der Waals surface area contributed by atoms with Crippen molar-refractivity contribution in [2.45, 2.75) is 38.3 Å². The van der Waals surface area contributed by atoms with E-state index in [2.05, 4.69) is 16.1 Å². The molecule has 0 aromatic carbocycles. The molecule has 0 saturated carbocycles. The van der Waals surface area contributed by atoms with E-state index in [1.54, 1.807) is 25.2 Å². The summed E-state index contributed by atoms with van der Waals surface area (Å²) in [6.45, 7) is 4.46. The Labute approximate surface area is 135 Å². The summed E-state index contributed by atoms with van der Waals surface area (Å²) in [5.74, 6) is 0. The van der Waals surface area contributed by atoms with Crippen LogP contribution in [0.15, 0.2) is 17.5 Å². The van der Waals surface area contributed by atoms with Crippen molar-refractivity contribution in [3.05, 3.63) is 22.4 Å². The van der Waals surface area contributed by atoms with Crippen molar-refractivity contribution < 1.29 is 13.2 Å². The average Bonchev–Trinajstić information content (AvgIpc) is 3.02. The van der Waals surface area contributed by atoms with Crippen molar-refractivity contribution in [1.82, 2.24) is 14.9 Å². The summed E-state index contributed by atoms with van der Waals surface area (Å²) in [6.07, 6.45) is 3.07. The zero-order valence-corrected chi connectivity index (χ0v) is 14.8. The molecule has 124 valence electrons. The van der Waals surface area contributed by atoms with Crippen LogP contribution in [0.3, 0.4) is 0 Å². The van der Waals surface area contributed by atoms with Crippen molar-refractivity contribution in [3.8, 4) is 0 Å². The number of nitrogens with zero attached hydrogens (tertiary/aromatic N) is 1.